The van der Waals surface area contributed by atoms with E-state index in [-0.39, 0.29) is 5.82 Å². The van der Waals surface area contributed by atoms with Gasteiger partial charge in [0.15, 0.2) is 0 Å². The van der Waals surface area contributed by atoms with Crippen molar-refractivity contribution < 1.29 is 4.39 Å². The number of benzene rings is 1. The van der Waals surface area contributed by atoms with E-state index in [0.29, 0.717) is 0 Å². The Labute approximate surface area is 102 Å². The number of hydrogen-bond acceptors (Lipinski definition) is 1. The van der Waals surface area contributed by atoms with Crippen LogP contribution in [-0.4, -0.2) is 6.54 Å². The monoisotopic (exact) mass is 233 g/mol. The number of rotatable bonds is 3. The molecule has 2 aliphatic rings. The minimum atomic E-state index is -0.138. The largest absolute Gasteiger partial charge is 0.385 e. The van der Waals surface area contributed by atoms with Crippen molar-refractivity contribution in [3.63, 3.8) is 0 Å². The molecule has 0 aromatic heterocycles. The molecule has 2 heteroatoms. The lowest BCUT2D eigenvalue weighted by Crippen LogP contribution is -2.20. The van der Waals surface area contributed by atoms with Gasteiger partial charge in [0.25, 0.3) is 0 Å². The Kier molecular flexibility index (Phi) is 2.81. The summed E-state index contributed by atoms with van der Waals surface area (Å²) < 4.78 is 13.2. The molecule has 0 heterocycles. The molecule has 2 bridgehead atoms. The van der Waals surface area contributed by atoms with E-state index >= 15 is 0 Å². The molecule has 1 nitrogen and oxygen atoms in total. The van der Waals surface area contributed by atoms with Gasteiger partial charge in [-0.1, -0.05) is 6.42 Å². The summed E-state index contributed by atoms with van der Waals surface area (Å²) in [4.78, 5) is 0. The lowest BCUT2D eigenvalue weighted by atomic mass is 9.89. The average molecular weight is 233 g/mol. The van der Waals surface area contributed by atoms with Crippen LogP contribution in [0.5, 0.6) is 0 Å². The van der Waals surface area contributed by atoms with E-state index in [4.69, 9.17) is 0 Å². The van der Waals surface area contributed by atoms with Crippen molar-refractivity contribution in [2.45, 2.75) is 32.6 Å². The number of aryl methyl sites for hydroxylation is 1. The first-order chi connectivity index (χ1) is 8.20. The molecule has 2 saturated carbocycles. The predicted molar refractivity (Wildman–Crippen MR) is 68.6 cm³/mol. The Hall–Kier alpha value is -1.05. The van der Waals surface area contributed by atoms with Crippen LogP contribution in [0.15, 0.2) is 18.2 Å². The van der Waals surface area contributed by atoms with Crippen LogP contribution in [0.1, 0.15) is 31.2 Å². The first-order valence-corrected chi connectivity index (χ1v) is 6.72. The molecule has 92 valence electrons. The highest BCUT2D eigenvalue weighted by Crippen LogP contribution is 2.48. The van der Waals surface area contributed by atoms with Crippen molar-refractivity contribution in [2.24, 2.45) is 17.8 Å². The third-order valence-corrected chi connectivity index (χ3v) is 4.50. The van der Waals surface area contributed by atoms with Crippen LogP contribution in [-0.2, 0) is 0 Å². The standard InChI is InChI=1S/C15H20FN/c1-10-4-14(16)8-15(5-10)17-9-13-7-11-2-3-12(13)6-11/h4-5,8,11-13,17H,2-3,6-7,9H2,1H3. The van der Waals surface area contributed by atoms with Gasteiger partial charge >= 0.3 is 0 Å². The quantitative estimate of drug-likeness (QED) is 0.832. The van der Waals surface area contributed by atoms with Crippen LogP contribution in [0, 0.1) is 30.5 Å². The summed E-state index contributed by atoms with van der Waals surface area (Å²) in [6, 6.07) is 5.19. The molecule has 0 saturated heterocycles. The van der Waals surface area contributed by atoms with Crippen molar-refractivity contribution in [2.75, 3.05) is 11.9 Å². The summed E-state index contributed by atoms with van der Waals surface area (Å²) in [5.74, 6) is 2.60. The Morgan fingerprint density at radius 3 is 2.76 bits per heavy atom. The first-order valence-electron chi connectivity index (χ1n) is 6.72. The van der Waals surface area contributed by atoms with Gasteiger partial charge < -0.3 is 5.32 Å². The zero-order chi connectivity index (χ0) is 11.8. The molecule has 3 atom stereocenters. The van der Waals surface area contributed by atoms with Crippen molar-refractivity contribution >= 4 is 5.69 Å². The molecule has 0 radical (unpaired) electrons. The third-order valence-electron chi connectivity index (χ3n) is 4.50. The summed E-state index contributed by atoms with van der Waals surface area (Å²) in [5, 5.41) is 3.41. The van der Waals surface area contributed by atoms with Crippen molar-refractivity contribution in [3.05, 3.63) is 29.6 Å². The zero-order valence-electron chi connectivity index (χ0n) is 10.4. The maximum absolute atomic E-state index is 13.2. The number of hydrogen-bond donors (Lipinski definition) is 1. The normalized spacial score (nSPS) is 30.8. The summed E-state index contributed by atoms with van der Waals surface area (Å²) in [5.41, 5.74) is 1.92. The van der Waals surface area contributed by atoms with Gasteiger partial charge in [-0.25, -0.2) is 4.39 Å². The van der Waals surface area contributed by atoms with Crippen molar-refractivity contribution in [1.82, 2.24) is 0 Å². The second kappa shape index (κ2) is 4.32. The fourth-order valence-electron chi connectivity index (χ4n) is 3.71. The SMILES string of the molecule is Cc1cc(F)cc(NCC2CC3CCC2C3)c1. The Balaban J connectivity index is 1.60. The minimum absolute atomic E-state index is 0.138. The molecule has 3 rings (SSSR count). The van der Waals surface area contributed by atoms with Crippen LogP contribution in [0.3, 0.4) is 0 Å². The molecule has 1 N–H and O–H groups in total. The van der Waals surface area contributed by atoms with Crippen LogP contribution in [0.4, 0.5) is 10.1 Å². The second-order valence-electron chi connectivity index (χ2n) is 5.83. The highest BCUT2D eigenvalue weighted by molar-refractivity contribution is 5.46. The number of anilines is 1. The fourth-order valence-corrected chi connectivity index (χ4v) is 3.71. The molecule has 0 spiro atoms. The summed E-state index contributed by atoms with van der Waals surface area (Å²) >= 11 is 0. The van der Waals surface area contributed by atoms with Crippen molar-refractivity contribution in [3.8, 4) is 0 Å². The maximum Gasteiger partial charge on any atom is 0.125 e. The molecule has 17 heavy (non-hydrogen) atoms. The van der Waals surface area contributed by atoms with Gasteiger partial charge in [-0.3, -0.25) is 0 Å². The Bertz CT molecular complexity index is 395. The zero-order valence-corrected chi connectivity index (χ0v) is 10.4. The van der Waals surface area contributed by atoms with E-state index in [0.717, 1.165) is 35.5 Å². The number of fused-ring (bicyclic) bond motifs is 2. The molecule has 3 unspecified atom stereocenters. The van der Waals surface area contributed by atoms with Gasteiger partial charge in [-0.15, -0.1) is 0 Å². The van der Waals surface area contributed by atoms with Gasteiger partial charge in [0.05, 0.1) is 0 Å². The van der Waals surface area contributed by atoms with Crippen molar-refractivity contribution in [1.29, 1.82) is 0 Å². The van der Waals surface area contributed by atoms with Gasteiger partial charge in [-0.2, -0.15) is 0 Å². The van der Waals surface area contributed by atoms with Gasteiger partial charge in [0.2, 0.25) is 0 Å². The maximum atomic E-state index is 13.2. The lowest BCUT2D eigenvalue weighted by molar-refractivity contribution is 0.348. The summed E-state index contributed by atoms with van der Waals surface area (Å²) in [6.45, 7) is 2.95. The molecule has 0 aliphatic heterocycles. The molecule has 2 fully saturated rings. The number of nitrogens with one attached hydrogen (secondary N) is 1. The molecular weight excluding hydrogens is 213 g/mol. The van der Waals surface area contributed by atoms with E-state index in [1.54, 1.807) is 12.1 Å². The number of halogens is 1. The van der Waals surface area contributed by atoms with E-state index in [2.05, 4.69) is 5.32 Å². The summed E-state index contributed by atoms with van der Waals surface area (Å²) in [6.07, 6.45) is 5.68. The lowest BCUT2D eigenvalue weighted by Gasteiger charge is -2.22. The van der Waals surface area contributed by atoms with E-state index in [1.807, 2.05) is 13.0 Å². The van der Waals surface area contributed by atoms with E-state index in [9.17, 15) is 4.39 Å². The highest BCUT2D eigenvalue weighted by atomic mass is 19.1. The Morgan fingerprint density at radius 2 is 2.12 bits per heavy atom. The summed E-state index contributed by atoms with van der Waals surface area (Å²) in [7, 11) is 0. The smallest absolute Gasteiger partial charge is 0.125 e. The minimum Gasteiger partial charge on any atom is -0.385 e. The molecule has 1 aromatic rings. The average Bonchev–Trinajstić information content (AvgIpc) is 2.86. The van der Waals surface area contributed by atoms with Gasteiger partial charge in [-0.05, 0) is 67.7 Å². The predicted octanol–water partition coefficient (Wildman–Crippen LogP) is 3.98. The van der Waals surface area contributed by atoms with Crippen LogP contribution >= 0.6 is 0 Å². The van der Waals surface area contributed by atoms with Gasteiger partial charge in [0, 0.05) is 12.2 Å². The molecular formula is C15H20FN. The molecule has 1 aromatic carbocycles. The highest BCUT2D eigenvalue weighted by Gasteiger charge is 2.38. The van der Waals surface area contributed by atoms with Gasteiger partial charge in [0.1, 0.15) is 5.82 Å². The topological polar surface area (TPSA) is 12.0 Å². The van der Waals surface area contributed by atoms with E-state index < -0.39 is 0 Å². The van der Waals surface area contributed by atoms with Crippen LogP contribution in [0.25, 0.3) is 0 Å². The third kappa shape index (κ3) is 2.31. The Morgan fingerprint density at radius 1 is 1.24 bits per heavy atom. The van der Waals surface area contributed by atoms with E-state index in [1.165, 1.54) is 25.7 Å². The van der Waals surface area contributed by atoms with Crippen LogP contribution in [0.2, 0.25) is 0 Å². The molecule has 2 aliphatic carbocycles. The van der Waals surface area contributed by atoms with Crippen LogP contribution < -0.4 is 5.32 Å². The second-order valence-corrected chi connectivity index (χ2v) is 5.83. The first kappa shape index (κ1) is 11.1. The molecule has 0 amide bonds. The fraction of sp³-hybridized carbons (Fsp3) is 0.600.